The van der Waals surface area contributed by atoms with Crippen LogP contribution in [0.15, 0.2) is 136 Å². The molecule has 3 unspecified atom stereocenters. The highest BCUT2D eigenvalue weighted by molar-refractivity contribution is 9.10. The lowest BCUT2D eigenvalue weighted by Gasteiger charge is -2.41. The van der Waals surface area contributed by atoms with Crippen LogP contribution in [-0.4, -0.2) is 47.2 Å². The number of hydrogen-bond acceptors (Lipinski definition) is 9. The van der Waals surface area contributed by atoms with E-state index < -0.39 is 18.6 Å². The molecule has 12 rings (SSSR count). The lowest BCUT2D eigenvalue weighted by Crippen LogP contribution is -2.43. The quantitative estimate of drug-likeness (QED) is 0.127. The van der Waals surface area contributed by atoms with Crippen LogP contribution >= 0.6 is 39.1 Å². The molecule has 360 valence electrons. The van der Waals surface area contributed by atoms with Crippen LogP contribution in [0.4, 0.5) is 0 Å². The maximum absolute atomic E-state index is 8.77. The Morgan fingerprint density at radius 2 is 1.14 bits per heavy atom. The number of hydroxylamine groups is 2. The van der Waals surface area contributed by atoms with Gasteiger partial charge in [-0.1, -0.05) is 118 Å². The number of nitrogens with zero attached hydrogens (tertiary/aromatic N) is 3. The van der Waals surface area contributed by atoms with E-state index in [1.165, 1.54) is 45.0 Å². The molecule has 0 bridgehead atoms. The maximum atomic E-state index is 8.77. The van der Waals surface area contributed by atoms with Crippen molar-refractivity contribution in [3.8, 4) is 11.1 Å². The standard InChI is InChI=1S/C29H29ClN2O.C21H22BrN3O.C7H8BClO2/c1-18-13-24(15-25(30)14-18)22-7-8-23-17-28(11-9-20-5-3-4-6-21(20)10-12-28)29(26(23)16-22)32-27(31)19(2)33-29;1-25-19(23)24-21(26-25)18-12-17(22)7-6-16(18)13-20(21)10-8-14-4-2-3-5-15(14)9-11-20;1-5-2-6(8(10)11)4-7(9)3-5/h3-8,13-16,19H,9-12,17H2,1-2H3,(H2,31,32);2-7,12H,8-11,13H2,1H3,(H2,23,24);2-4,10-11H,1H3. The first-order chi connectivity index (χ1) is 33.5. The van der Waals surface area contributed by atoms with Gasteiger partial charge in [0.15, 0.2) is 5.72 Å². The van der Waals surface area contributed by atoms with E-state index in [2.05, 4.69) is 114 Å². The Labute approximate surface area is 430 Å². The Kier molecular flexibility index (Phi) is 13.1. The van der Waals surface area contributed by atoms with Crippen molar-refractivity contribution in [2.45, 2.75) is 103 Å². The molecule has 3 atom stereocenters. The van der Waals surface area contributed by atoms with Crippen LogP contribution in [0.3, 0.4) is 0 Å². The Hall–Kier alpha value is -4.98. The second kappa shape index (κ2) is 18.9. The van der Waals surface area contributed by atoms with E-state index in [1.54, 1.807) is 17.2 Å². The Balaban J connectivity index is 0.000000136. The lowest BCUT2D eigenvalue weighted by molar-refractivity contribution is -0.224. The highest BCUT2D eigenvalue weighted by atomic mass is 79.9. The summed E-state index contributed by atoms with van der Waals surface area (Å²) in [5, 5.41) is 20.5. The van der Waals surface area contributed by atoms with Crippen molar-refractivity contribution in [2.75, 3.05) is 7.05 Å². The molecule has 0 saturated carbocycles. The summed E-state index contributed by atoms with van der Waals surface area (Å²) >= 11 is 15.7. The zero-order valence-corrected chi connectivity index (χ0v) is 43.2. The smallest absolute Gasteiger partial charge is 0.423 e. The lowest BCUT2D eigenvalue weighted by atomic mass is 9.71. The van der Waals surface area contributed by atoms with Crippen LogP contribution < -0.4 is 16.9 Å². The van der Waals surface area contributed by atoms with Gasteiger partial charge in [-0.25, -0.2) is 19.9 Å². The van der Waals surface area contributed by atoms with Gasteiger partial charge in [-0.2, -0.15) is 0 Å². The fourth-order valence-corrected chi connectivity index (χ4v) is 13.2. The normalized spacial score (nSPS) is 23.0. The highest BCUT2D eigenvalue weighted by Gasteiger charge is 2.63. The average Bonchev–Trinajstić information content (AvgIpc) is 3.87. The van der Waals surface area contributed by atoms with E-state index in [0.29, 0.717) is 22.3 Å². The predicted molar refractivity (Wildman–Crippen MR) is 286 cm³/mol. The van der Waals surface area contributed by atoms with Crippen LogP contribution in [0.25, 0.3) is 11.1 Å². The monoisotopic (exact) mass is 1040 g/mol. The van der Waals surface area contributed by atoms with Gasteiger partial charge in [0.25, 0.3) is 0 Å². The second-order valence-electron chi connectivity index (χ2n) is 20.2. The van der Waals surface area contributed by atoms with Crippen LogP contribution in [0.2, 0.25) is 10.0 Å². The summed E-state index contributed by atoms with van der Waals surface area (Å²) in [4.78, 5) is 16.5. The Morgan fingerprint density at radius 3 is 1.63 bits per heavy atom. The Morgan fingerprint density at radius 1 is 0.629 bits per heavy atom. The van der Waals surface area contributed by atoms with Crippen molar-refractivity contribution in [3.63, 3.8) is 0 Å². The number of fused-ring (bicyclic) bond motifs is 8. The summed E-state index contributed by atoms with van der Waals surface area (Å²) in [6.45, 7) is 5.95. The summed E-state index contributed by atoms with van der Waals surface area (Å²) in [6.07, 6.45) is 10.1. The minimum absolute atomic E-state index is 0.0788. The van der Waals surface area contributed by atoms with Crippen molar-refractivity contribution >= 4 is 63.5 Å². The van der Waals surface area contributed by atoms with Crippen LogP contribution in [0, 0.1) is 24.7 Å². The van der Waals surface area contributed by atoms with Crippen molar-refractivity contribution in [1.29, 1.82) is 0 Å². The SMILES string of the molecule is CN1OC2(N=C1N)c1cc(Br)ccc1CC21CCc2ccccc2CC1.Cc1cc(Cl)cc(-c2ccc3c(c2)C2(N=C(N)C(C)O2)C2(CCc4ccccc4CC2)C3)c1.Cc1cc(Cl)cc(B(O)O)c1. The highest BCUT2D eigenvalue weighted by Crippen LogP contribution is 2.63. The van der Waals surface area contributed by atoms with Crippen LogP contribution in [0.1, 0.15) is 88.2 Å². The maximum Gasteiger partial charge on any atom is 0.488 e. The number of aryl methyl sites for hydroxylation is 6. The number of halogens is 3. The first-order valence-electron chi connectivity index (χ1n) is 24.3. The molecule has 0 saturated heterocycles. The van der Waals surface area contributed by atoms with Crippen molar-refractivity contribution < 1.29 is 19.6 Å². The van der Waals surface area contributed by atoms with Crippen molar-refractivity contribution in [2.24, 2.45) is 32.3 Å². The zero-order chi connectivity index (χ0) is 49.2. The number of benzene rings is 6. The van der Waals surface area contributed by atoms with Crippen molar-refractivity contribution in [1.82, 2.24) is 5.06 Å². The molecule has 2 aliphatic heterocycles. The van der Waals surface area contributed by atoms with E-state index in [9.17, 15) is 0 Å². The van der Waals surface area contributed by atoms with E-state index in [4.69, 9.17) is 64.3 Å². The van der Waals surface area contributed by atoms with Gasteiger partial charge in [-0.05, 0) is 189 Å². The first kappa shape index (κ1) is 48.6. The van der Waals surface area contributed by atoms with Gasteiger partial charge < -0.3 is 26.3 Å². The topological polar surface area (TPSA) is 139 Å². The van der Waals surface area contributed by atoms with Crippen molar-refractivity contribution in [3.05, 3.63) is 191 Å². The number of nitrogens with two attached hydrogens (primary N) is 2. The third kappa shape index (κ3) is 8.69. The average molecular weight is 1040 g/mol. The summed E-state index contributed by atoms with van der Waals surface area (Å²) in [5.74, 6) is 1.06. The molecular formula is C57H59BBrCl2N5O4. The fourth-order valence-electron chi connectivity index (χ4n) is 12.3. The molecule has 0 amide bonds. The molecule has 4 aliphatic carbocycles. The van der Waals surface area contributed by atoms with Gasteiger partial charge in [0.05, 0.1) is 0 Å². The third-order valence-corrected chi connectivity index (χ3v) is 16.7. The van der Waals surface area contributed by atoms with Gasteiger partial charge >= 0.3 is 7.12 Å². The molecule has 6 aliphatic rings. The van der Waals surface area contributed by atoms with E-state index in [-0.39, 0.29) is 16.9 Å². The van der Waals surface area contributed by atoms with Crippen LogP contribution in [0.5, 0.6) is 0 Å². The molecule has 13 heteroatoms. The summed E-state index contributed by atoms with van der Waals surface area (Å²) in [5.41, 5.74) is 26.5. The molecule has 0 radical (unpaired) electrons. The molecule has 4 spiro atoms. The molecule has 0 aromatic heterocycles. The number of rotatable bonds is 2. The number of guanidine groups is 1. The molecule has 0 fully saturated rings. The van der Waals surface area contributed by atoms with Gasteiger partial charge in [0.2, 0.25) is 11.7 Å². The minimum Gasteiger partial charge on any atom is -0.423 e. The number of hydrogen-bond donors (Lipinski definition) is 4. The summed E-state index contributed by atoms with van der Waals surface area (Å²) < 4.78 is 7.83. The molecule has 6 N–H and O–H groups in total. The van der Waals surface area contributed by atoms with E-state index in [0.717, 1.165) is 102 Å². The fraction of sp³-hybridized carbons (Fsp3) is 0.333. The number of aliphatic imine (C=N–C) groups is 2. The van der Waals surface area contributed by atoms with E-state index >= 15 is 0 Å². The molecule has 70 heavy (non-hydrogen) atoms. The number of amidine groups is 1. The van der Waals surface area contributed by atoms with Gasteiger partial charge in [0, 0.05) is 43.5 Å². The minimum atomic E-state index is -1.44. The first-order valence-corrected chi connectivity index (χ1v) is 25.8. The Bertz CT molecular complexity index is 2980. The second-order valence-corrected chi connectivity index (χ2v) is 22.0. The van der Waals surface area contributed by atoms with Gasteiger partial charge in [-0.15, -0.1) is 0 Å². The molecule has 2 heterocycles. The molecule has 9 nitrogen and oxygen atoms in total. The molecule has 6 aromatic rings. The summed E-state index contributed by atoms with van der Waals surface area (Å²) in [7, 11) is 0.412. The molecule has 6 aromatic carbocycles. The van der Waals surface area contributed by atoms with Crippen LogP contribution in [-0.2, 0) is 59.5 Å². The summed E-state index contributed by atoms with van der Waals surface area (Å²) in [6, 6.07) is 42.1. The zero-order valence-electron chi connectivity index (χ0n) is 40.1. The van der Waals surface area contributed by atoms with Gasteiger partial charge in [-0.3, -0.25) is 0 Å². The van der Waals surface area contributed by atoms with E-state index in [1.807, 2.05) is 33.0 Å². The largest absolute Gasteiger partial charge is 0.488 e. The van der Waals surface area contributed by atoms with Gasteiger partial charge in [0.1, 0.15) is 11.9 Å². The number of ether oxygens (including phenoxy) is 1. The third-order valence-electron chi connectivity index (χ3n) is 15.8. The molecular weight excluding hydrogens is 980 g/mol. The predicted octanol–water partition coefficient (Wildman–Crippen LogP) is 10.6.